The van der Waals surface area contributed by atoms with Crippen LogP contribution in [0.25, 0.3) is 0 Å². The Bertz CT molecular complexity index is 415. The summed E-state index contributed by atoms with van der Waals surface area (Å²) >= 11 is 0. The van der Waals surface area contributed by atoms with E-state index in [-0.39, 0.29) is 6.10 Å². The van der Waals surface area contributed by atoms with E-state index in [2.05, 4.69) is 28.3 Å². The van der Waals surface area contributed by atoms with Crippen molar-refractivity contribution in [2.75, 3.05) is 13.1 Å². The van der Waals surface area contributed by atoms with Crippen LogP contribution in [0, 0.1) is 11.8 Å². The summed E-state index contributed by atoms with van der Waals surface area (Å²) in [6, 6.07) is 0.468. The van der Waals surface area contributed by atoms with Crippen molar-refractivity contribution in [1.82, 2.24) is 14.5 Å². The summed E-state index contributed by atoms with van der Waals surface area (Å²) in [5.74, 6) is 1.23. The van der Waals surface area contributed by atoms with Crippen LogP contribution in [0.15, 0.2) is 12.5 Å². The van der Waals surface area contributed by atoms with Crippen LogP contribution in [0.5, 0.6) is 0 Å². The van der Waals surface area contributed by atoms with Crippen LogP contribution in [-0.4, -0.2) is 38.8 Å². The Hall–Kier alpha value is -0.870. The maximum absolute atomic E-state index is 9.94. The number of aliphatic hydroxyl groups excluding tert-OH is 1. The van der Waals surface area contributed by atoms with Crippen LogP contribution in [0.2, 0.25) is 0 Å². The highest BCUT2D eigenvalue weighted by atomic mass is 16.3. The fourth-order valence-electron chi connectivity index (χ4n) is 3.61. The lowest BCUT2D eigenvalue weighted by Gasteiger charge is -2.20. The third-order valence-electron chi connectivity index (χ3n) is 4.58. The molecule has 1 aromatic heterocycles. The van der Waals surface area contributed by atoms with Crippen molar-refractivity contribution < 1.29 is 5.11 Å². The summed E-state index contributed by atoms with van der Waals surface area (Å²) in [4.78, 5) is 6.74. The zero-order valence-electron chi connectivity index (χ0n) is 11.3. The van der Waals surface area contributed by atoms with E-state index in [0.29, 0.717) is 12.0 Å². The van der Waals surface area contributed by atoms with Crippen LogP contribution >= 0.6 is 0 Å². The zero-order chi connectivity index (χ0) is 12.7. The number of likely N-dealkylation sites (tertiary alicyclic amines) is 1. The van der Waals surface area contributed by atoms with Gasteiger partial charge in [-0.05, 0) is 32.6 Å². The van der Waals surface area contributed by atoms with Gasteiger partial charge >= 0.3 is 0 Å². The number of imidazole rings is 1. The second-order valence-corrected chi connectivity index (χ2v) is 6.15. The van der Waals surface area contributed by atoms with E-state index in [9.17, 15) is 5.11 Å². The van der Waals surface area contributed by atoms with Crippen molar-refractivity contribution >= 4 is 0 Å². The van der Waals surface area contributed by atoms with E-state index in [0.717, 1.165) is 32.0 Å². The van der Waals surface area contributed by atoms with Crippen molar-refractivity contribution in [2.45, 2.75) is 45.4 Å². The van der Waals surface area contributed by atoms with Gasteiger partial charge in [-0.1, -0.05) is 0 Å². The Morgan fingerprint density at radius 3 is 2.94 bits per heavy atom. The van der Waals surface area contributed by atoms with E-state index in [1.807, 2.05) is 12.5 Å². The molecule has 1 aromatic rings. The Labute approximate surface area is 109 Å². The number of aliphatic hydroxyl groups is 1. The molecule has 2 fully saturated rings. The average molecular weight is 249 g/mol. The molecule has 0 bridgehead atoms. The van der Waals surface area contributed by atoms with Gasteiger partial charge in [-0.15, -0.1) is 0 Å². The summed E-state index contributed by atoms with van der Waals surface area (Å²) in [5.41, 5.74) is 1.29. The van der Waals surface area contributed by atoms with Crippen molar-refractivity contribution in [3.8, 4) is 0 Å². The highest BCUT2D eigenvalue weighted by Gasteiger charge is 2.41. The van der Waals surface area contributed by atoms with E-state index in [1.165, 1.54) is 12.1 Å². The van der Waals surface area contributed by atoms with Gasteiger partial charge in [-0.25, -0.2) is 4.98 Å². The quantitative estimate of drug-likeness (QED) is 0.886. The third kappa shape index (κ3) is 2.08. The topological polar surface area (TPSA) is 41.3 Å². The van der Waals surface area contributed by atoms with E-state index < -0.39 is 0 Å². The van der Waals surface area contributed by atoms with Gasteiger partial charge in [0.1, 0.15) is 0 Å². The number of nitrogens with zero attached hydrogens (tertiary/aromatic N) is 3. The summed E-state index contributed by atoms with van der Waals surface area (Å²) in [7, 11) is 0. The Kier molecular flexibility index (Phi) is 3.16. The zero-order valence-corrected chi connectivity index (χ0v) is 11.3. The molecule has 1 aliphatic heterocycles. The van der Waals surface area contributed by atoms with Crippen molar-refractivity contribution in [2.24, 2.45) is 11.8 Å². The maximum Gasteiger partial charge on any atom is 0.0951 e. The fourth-order valence-corrected chi connectivity index (χ4v) is 3.61. The molecule has 0 aromatic carbocycles. The third-order valence-corrected chi connectivity index (χ3v) is 4.58. The van der Waals surface area contributed by atoms with Crippen LogP contribution in [-0.2, 0) is 6.54 Å². The van der Waals surface area contributed by atoms with E-state index in [4.69, 9.17) is 0 Å². The van der Waals surface area contributed by atoms with E-state index >= 15 is 0 Å². The molecule has 4 heteroatoms. The van der Waals surface area contributed by atoms with E-state index in [1.54, 1.807) is 0 Å². The molecule has 0 spiro atoms. The molecular weight excluding hydrogens is 226 g/mol. The first-order valence-electron chi connectivity index (χ1n) is 7.06. The number of fused-ring (bicyclic) bond motifs is 1. The van der Waals surface area contributed by atoms with Crippen molar-refractivity contribution in [1.29, 1.82) is 0 Å². The summed E-state index contributed by atoms with van der Waals surface area (Å²) in [5, 5.41) is 9.94. The number of aromatic nitrogens is 2. The first kappa shape index (κ1) is 12.2. The minimum absolute atomic E-state index is 0.0602. The van der Waals surface area contributed by atoms with Gasteiger partial charge in [0.05, 0.1) is 18.1 Å². The van der Waals surface area contributed by atoms with Gasteiger partial charge in [0, 0.05) is 37.8 Å². The first-order valence-corrected chi connectivity index (χ1v) is 7.06. The highest BCUT2D eigenvalue weighted by Crippen LogP contribution is 2.38. The van der Waals surface area contributed by atoms with Gasteiger partial charge in [0.15, 0.2) is 0 Å². The summed E-state index contributed by atoms with van der Waals surface area (Å²) in [6.07, 6.45) is 6.05. The Morgan fingerprint density at radius 1 is 1.39 bits per heavy atom. The minimum Gasteiger partial charge on any atom is -0.393 e. The predicted molar refractivity (Wildman–Crippen MR) is 70.1 cm³/mol. The van der Waals surface area contributed by atoms with Crippen LogP contribution in [0.1, 0.15) is 38.4 Å². The van der Waals surface area contributed by atoms with Gasteiger partial charge < -0.3 is 9.67 Å². The first-order chi connectivity index (χ1) is 8.65. The highest BCUT2D eigenvalue weighted by molar-refractivity contribution is 5.02. The molecule has 1 aliphatic carbocycles. The lowest BCUT2D eigenvalue weighted by atomic mass is 10.00. The lowest BCUT2D eigenvalue weighted by molar-refractivity contribution is 0.123. The maximum atomic E-state index is 9.94. The molecular formula is C14H23N3O. The monoisotopic (exact) mass is 249 g/mol. The van der Waals surface area contributed by atoms with Gasteiger partial charge in [-0.3, -0.25) is 4.90 Å². The Morgan fingerprint density at radius 2 is 2.22 bits per heavy atom. The molecule has 4 nitrogen and oxygen atoms in total. The second-order valence-electron chi connectivity index (χ2n) is 6.15. The fraction of sp³-hybridized carbons (Fsp3) is 0.786. The van der Waals surface area contributed by atoms with Crippen LogP contribution < -0.4 is 0 Å². The molecule has 0 amide bonds. The molecule has 1 N–H and O–H groups in total. The molecule has 18 heavy (non-hydrogen) atoms. The standard InChI is InChI=1S/C14H23N3O/c1-10(2)17-9-15-5-12(17)7-16-6-11-3-4-14(18)13(11)8-16/h5,9-11,13-14,18H,3-4,6-8H2,1-2H3. The van der Waals surface area contributed by atoms with Gasteiger partial charge in [-0.2, -0.15) is 0 Å². The molecule has 3 unspecified atom stereocenters. The largest absolute Gasteiger partial charge is 0.393 e. The summed E-state index contributed by atoms with van der Waals surface area (Å²) in [6.45, 7) is 7.54. The van der Waals surface area contributed by atoms with Crippen molar-refractivity contribution in [3.63, 3.8) is 0 Å². The molecule has 3 rings (SSSR count). The van der Waals surface area contributed by atoms with Gasteiger partial charge in [0.25, 0.3) is 0 Å². The smallest absolute Gasteiger partial charge is 0.0951 e. The number of rotatable bonds is 3. The lowest BCUT2D eigenvalue weighted by Crippen LogP contribution is -2.25. The van der Waals surface area contributed by atoms with Crippen LogP contribution in [0.3, 0.4) is 0 Å². The molecule has 0 radical (unpaired) electrons. The van der Waals surface area contributed by atoms with Crippen LogP contribution in [0.4, 0.5) is 0 Å². The summed E-state index contributed by atoms with van der Waals surface area (Å²) < 4.78 is 2.24. The Balaban J connectivity index is 1.66. The number of hydrogen-bond donors (Lipinski definition) is 1. The predicted octanol–water partition coefficient (Wildman–Crippen LogP) is 1.67. The SMILES string of the molecule is CC(C)n1cncc1CN1CC2CCC(O)C2C1. The normalized spacial score (nSPS) is 32.3. The molecule has 1 saturated carbocycles. The molecule has 2 aliphatic rings. The number of hydrogen-bond acceptors (Lipinski definition) is 3. The van der Waals surface area contributed by atoms with Crippen molar-refractivity contribution in [3.05, 3.63) is 18.2 Å². The minimum atomic E-state index is -0.0602. The second kappa shape index (κ2) is 4.67. The molecule has 1 saturated heterocycles. The molecule has 100 valence electrons. The average Bonchev–Trinajstić information content (AvgIpc) is 2.98. The van der Waals surface area contributed by atoms with Gasteiger partial charge in [0.2, 0.25) is 0 Å². The molecule has 2 heterocycles. The molecule has 3 atom stereocenters.